The molecule has 3 saturated heterocycles. The van der Waals surface area contributed by atoms with Gasteiger partial charge in [0.1, 0.15) is 11.9 Å². The van der Waals surface area contributed by atoms with Crippen molar-refractivity contribution in [3.8, 4) is 0 Å². The first-order chi connectivity index (χ1) is 15.9. The lowest BCUT2D eigenvalue weighted by molar-refractivity contribution is -0.141. The molecule has 2 aromatic rings. The predicted octanol–water partition coefficient (Wildman–Crippen LogP) is 3.56. The molecular formula is C23H26F3N5O2. The monoisotopic (exact) mass is 461 g/mol. The second-order valence-electron chi connectivity index (χ2n) is 8.95. The van der Waals surface area contributed by atoms with Crippen LogP contribution in [0.25, 0.3) is 0 Å². The van der Waals surface area contributed by atoms with Gasteiger partial charge in [0.25, 0.3) is 0 Å². The molecule has 33 heavy (non-hydrogen) atoms. The fraction of sp³-hybridized carbons (Fsp3) is 0.522. The molecule has 4 heterocycles. The lowest BCUT2D eigenvalue weighted by Gasteiger charge is -2.36. The number of rotatable bonds is 4. The number of halogens is 3. The summed E-state index contributed by atoms with van der Waals surface area (Å²) in [5.74, 6) is 0.411. The minimum Gasteiger partial charge on any atom is -0.446 e. The Labute approximate surface area is 190 Å². The molecule has 0 saturated carbocycles. The van der Waals surface area contributed by atoms with Crippen LogP contribution in [-0.2, 0) is 17.5 Å². The second kappa shape index (κ2) is 8.81. The quantitative estimate of drug-likeness (QED) is 0.694. The van der Waals surface area contributed by atoms with Crippen LogP contribution in [0.5, 0.6) is 0 Å². The largest absolute Gasteiger partial charge is 0.446 e. The van der Waals surface area contributed by atoms with Crippen LogP contribution in [0.15, 0.2) is 42.7 Å². The third-order valence-electron chi connectivity index (χ3n) is 6.75. The van der Waals surface area contributed by atoms with E-state index in [2.05, 4.69) is 27.0 Å². The van der Waals surface area contributed by atoms with E-state index >= 15 is 0 Å². The number of anilines is 1. The van der Waals surface area contributed by atoms with E-state index in [1.807, 2.05) is 23.1 Å². The average molecular weight is 461 g/mol. The summed E-state index contributed by atoms with van der Waals surface area (Å²) in [6.45, 7) is 3.69. The number of ether oxygens (including phenoxy) is 1. The molecule has 1 aromatic heterocycles. The molecule has 3 fully saturated rings. The summed E-state index contributed by atoms with van der Waals surface area (Å²) >= 11 is 0. The first-order valence-corrected chi connectivity index (χ1v) is 11.3. The van der Waals surface area contributed by atoms with Gasteiger partial charge in [-0.15, -0.1) is 0 Å². The van der Waals surface area contributed by atoms with Crippen LogP contribution in [0.1, 0.15) is 30.5 Å². The zero-order chi connectivity index (χ0) is 23.0. The number of fused-ring (bicyclic) bond motifs is 2. The van der Waals surface area contributed by atoms with Gasteiger partial charge in [0.2, 0.25) is 0 Å². The van der Waals surface area contributed by atoms with E-state index in [9.17, 15) is 18.0 Å². The Balaban J connectivity index is 1.10. The number of likely N-dealkylation sites (tertiary alicyclic amines) is 2. The minimum atomic E-state index is -4.51. The number of nitrogens with zero attached hydrogens (tertiary/aromatic N) is 5. The molecule has 5 rings (SSSR count). The van der Waals surface area contributed by atoms with Crippen molar-refractivity contribution in [3.05, 3.63) is 54.0 Å². The van der Waals surface area contributed by atoms with Crippen LogP contribution in [0.2, 0.25) is 0 Å². The van der Waals surface area contributed by atoms with E-state index in [4.69, 9.17) is 4.74 Å². The number of hydrogen-bond acceptors (Lipinski definition) is 6. The van der Waals surface area contributed by atoms with Crippen LogP contribution >= 0.6 is 0 Å². The second-order valence-corrected chi connectivity index (χ2v) is 8.95. The van der Waals surface area contributed by atoms with Gasteiger partial charge in [-0.25, -0.2) is 14.8 Å². The van der Waals surface area contributed by atoms with E-state index in [1.165, 1.54) is 5.56 Å². The van der Waals surface area contributed by atoms with Crippen molar-refractivity contribution in [2.75, 3.05) is 31.1 Å². The van der Waals surface area contributed by atoms with Crippen LogP contribution < -0.4 is 4.90 Å². The topological polar surface area (TPSA) is 61.8 Å². The van der Waals surface area contributed by atoms with Crippen molar-refractivity contribution in [1.82, 2.24) is 19.8 Å². The fourth-order valence-electron chi connectivity index (χ4n) is 5.02. The van der Waals surface area contributed by atoms with Crippen LogP contribution in [0, 0.1) is 0 Å². The lowest BCUT2D eigenvalue weighted by Crippen LogP contribution is -2.50. The normalized spacial score (nSPS) is 23.8. The van der Waals surface area contributed by atoms with Crippen molar-refractivity contribution in [2.24, 2.45) is 0 Å². The summed E-state index contributed by atoms with van der Waals surface area (Å²) in [6.07, 6.45) is -0.571. The molecule has 10 heteroatoms. The Hall–Kier alpha value is -2.88. The average Bonchev–Trinajstić information content (AvgIpc) is 3.42. The number of carbonyl (C=O) groups excluding carboxylic acids is 1. The summed E-state index contributed by atoms with van der Waals surface area (Å²) < 4.78 is 44.0. The summed E-state index contributed by atoms with van der Waals surface area (Å²) in [4.78, 5) is 26.3. The number of aromatic nitrogens is 2. The van der Waals surface area contributed by atoms with Gasteiger partial charge >= 0.3 is 12.3 Å². The molecule has 0 radical (unpaired) electrons. The number of hydrogen-bond donors (Lipinski definition) is 0. The van der Waals surface area contributed by atoms with Crippen molar-refractivity contribution in [1.29, 1.82) is 0 Å². The molecular weight excluding hydrogens is 435 g/mol. The van der Waals surface area contributed by atoms with Crippen molar-refractivity contribution in [3.63, 3.8) is 0 Å². The summed E-state index contributed by atoms with van der Waals surface area (Å²) in [5.41, 5.74) is 0.277. The highest BCUT2D eigenvalue weighted by molar-refractivity contribution is 5.70. The summed E-state index contributed by atoms with van der Waals surface area (Å²) in [6, 6.07) is 10.3. The van der Waals surface area contributed by atoms with Gasteiger partial charge < -0.3 is 14.5 Å². The van der Waals surface area contributed by atoms with Gasteiger partial charge in [-0.05, 0) is 24.8 Å². The Morgan fingerprint density at radius 1 is 1.03 bits per heavy atom. The molecule has 3 aliphatic heterocycles. The highest BCUT2D eigenvalue weighted by Crippen LogP contribution is 2.35. The number of benzene rings is 1. The molecule has 0 unspecified atom stereocenters. The first-order valence-electron chi connectivity index (χ1n) is 11.3. The van der Waals surface area contributed by atoms with Gasteiger partial charge in [-0.3, -0.25) is 4.90 Å². The Bertz CT molecular complexity index is 964. The zero-order valence-corrected chi connectivity index (χ0v) is 18.1. The number of alkyl halides is 3. The highest BCUT2D eigenvalue weighted by Gasteiger charge is 2.47. The van der Waals surface area contributed by atoms with E-state index in [0.29, 0.717) is 18.9 Å². The number of amides is 1. The summed E-state index contributed by atoms with van der Waals surface area (Å²) in [7, 11) is 0. The molecule has 7 nitrogen and oxygen atoms in total. The number of carbonyl (C=O) groups is 1. The number of piperidine rings is 1. The SMILES string of the molecule is O=C(OC1CCN(Cc2ccccc2)CC1)N1C[C@H]2C[C@@H]1CN2c1cnc(C(F)(F)F)cn1. The van der Waals surface area contributed by atoms with Gasteiger partial charge in [-0.2, -0.15) is 13.2 Å². The van der Waals surface area contributed by atoms with Gasteiger partial charge in [0.15, 0.2) is 5.69 Å². The van der Waals surface area contributed by atoms with Crippen LogP contribution in [0.3, 0.4) is 0 Å². The molecule has 176 valence electrons. The van der Waals surface area contributed by atoms with E-state index in [-0.39, 0.29) is 24.3 Å². The zero-order valence-electron chi connectivity index (χ0n) is 18.1. The minimum absolute atomic E-state index is 0.0151. The lowest BCUT2D eigenvalue weighted by atomic mass is 10.1. The molecule has 0 N–H and O–H groups in total. The fourth-order valence-corrected chi connectivity index (χ4v) is 5.02. The van der Waals surface area contributed by atoms with Crippen molar-refractivity contribution < 1.29 is 22.7 Å². The van der Waals surface area contributed by atoms with E-state index < -0.39 is 11.9 Å². The molecule has 0 aliphatic carbocycles. The van der Waals surface area contributed by atoms with E-state index in [0.717, 1.165) is 51.3 Å². The highest BCUT2D eigenvalue weighted by atomic mass is 19.4. The predicted molar refractivity (Wildman–Crippen MR) is 115 cm³/mol. The Morgan fingerprint density at radius 3 is 2.39 bits per heavy atom. The maximum atomic E-state index is 12.8. The third-order valence-corrected chi connectivity index (χ3v) is 6.75. The van der Waals surface area contributed by atoms with Gasteiger partial charge in [-0.1, -0.05) is 30.3 Å². The van der Waals surface area contributed by atoms with Crippen molar-refractivity contribution >= 4 is 11.9 Å². The smallest absolute Gasteiger partial charge is 0.434 e. The molecule has 2 atom stereocenters. The molecule has 3 aliphatic rings. The van der Waals surface area contributed by atoms with Crippen molar-refractivity contribution in [2.45, 2.75) is 50.2 Å². The Kier molecular flexibility index (Phi) is 5.86. The maximum Gasteiger partial charge on any atom is 0.434 e. The molecule has 2 bridgehead atoms. The maximum absolute atomic E-state index is 12.8. The number of piperazine rings is 1. The third kappa shape index (κ3) is 4.75. The van der Waals surface area contributed by atoms with Crippen LogP contribution in [-0.4, -0.2) is 70.2 Å². The van der Waals surface area contributed by atoms with E-state index in [1.54, 1.807) is 4.90 Å². The summed E-state index contributed by atoms with van der Waals surface area (Å²) in [5, 5.41) is 0. The Morgan fingerprint density at radius 2 is 1.79 bits per heavy atom. The molecule has 1 aromatic carbocycles. The first kappa shape index (κ1) is 21.9. The van der Waals surface area contributed by atoms with Gasteiger partial charge in [0, 0.05) is 32.7 Å². The molecule has 0 spiro atoms. The van der Waals surface area contributed by atoms with Gasteiger partial charge in [0.05, 0.1) is 24.5 Å². The standard InChI is InChI=1S/C23H26F3N5O2/c24-23(25,26)20-11-28-21(12-27-20)30-14-18-10-17(30)15-31(18)22(32)33-19-6-8-29(9-7-19)13-16-4-2-1-3-5-16/h1-5,11-12,17-19H,6-10,13-15H2/t17-,18-/m1/s1. The molecule has 1 amide bonds. The van der Waals surface area contributed by atoms with Crippen LogP contribution in [0.4, 0.5) is 23.8 Å².